The van der Waals surface area contributed by atoms with Gasteiger partial charge in [-0.2, -0.15) is 0 Å². The molecule has 0 unspecified atom stereocenters. The van der Waals surface area contributed by atoms with Crippen molar-refractivity contribution in [2.24, 2.45) is 5.41 Å². The van der Waals surface area contributed by atoms with E-state index in [0.29, 0.717) is 0 Å². The number of nitrogens with one attached hydrogen (secondary N) is 2. The Morgan fingerprint density at radius 2 is 1.86 bits per heavy atom. The fraction of sp³-hybridized carbons (Fsp3) is 0.625. The van der Waals surface area contributed by atoms with Crippen LogP contribution in [0.5, 0.6) is 0 Å². The minimum atomic E-state index is -1.89. The number of carboxylic acids is 1. The first kappa shape index (κ1) is 23.4. The molecule has 11 nitrogen and oxygen atoms in total. The fourth-order valence-electron chi connectivity index (χ4n) is 2.12. The van der Waals surface area contributed by atoms with Crippen molar-refractivity contribution in [3.8, 4) is 0 Å². The van der Waals surface area contributed by atoms with Crippen LogP contribution in [0.4, 0.5) is 0 Å². The number of amides is 2. The van der Waals surface area contributed by atoms with E-state index in [0.717, 1.165) is 11.8 Å². The third-order valence-electron chi connectivity index (χ3n) is 3.58. The van der Waals surface area contributed by atoms with Crippen molar-refractivity contribution in [3.05, 3.63) is 0 Å². The summed E-state index contributed by atoms with van der Waals surface area (Å²) >= 11 is 0.872. The average molecular weight is 418 g/mol. The fourth-order valence-corrected chi connectivity index (χ4v) is 2.77. The van der Waals surface area contributed by atoms with Crippen LogP contribution in [-0.2, 0) is 38.2 Å². The number of hydrogen-bond donors (Lipinski definition) is 3. The van der Waals surface area contributed by atoms with Gasteiger partial charge in [0.1, 0.15) is 13.0 Å². The van der Waals surface area contributed by atoms with E-state index >= 15 is 0 Å². The lowest BCUT2D eigenvalue weighted by molar-refractivity contribution is -0.177. The van der Waals surface area contributed by atoms with Crippen molar-refractivity contribution < 1.29 is 43.3 Å². The molecule has 1 fully saturated rings. The molecule has 0 aromatic heterocycles. The van der Waals surface area contributed by atoms with Gasteiger partial charge in [0, 0.05) is 30.7 Å². The molecule has 0 radical (unpaired) electrons. The van der Waals surface area contributed by atoms with Crippen LogP contribution in [0.2, 0.25) is 0 Å². The van der Waals surface area contributed by atoms with E-state index in [1.165, 1.54) is 13.8 Å². The molecule has 0 aliphatic carbocycles. The van der Waals surface area contributed by atoms with Gasteiger partial charge in [-0.15, -0.1) is 0 Å². The first-order valence-corrected chi connectivity index (χ1v) is 9.31. The van der Waals surface area contributed by atoms with Crippen LogP contribution in [0.3, 0.4) is 0 Å². The normalized spacial score (nSPS) is 22.4. The van der Waals surface area contributed by atoms with Crippen molar-refractivity contribution in [2.45, 2.75) is 32.8 Å². The number of carbonyl (C=O) groups is 6. The van der Waals surface area contributed by atoms with E-state index in [1.807, 2.05) is 0 Å². The predicted octanol–water partition coefficient (Wildman–Crippen LogP) is -1.16. The number of hydrogen-bond acceptors (Lipinski definition) is 9. The minimum Gasteiger partial charge on any atom is -0.473 e. The molecule has 28 heavy (non-hydrogen) atoms. The van der Waals surface area contributed by atoms with Gasteiger partial charge in [-0.05, 0) is 0 Å². The van der Waals surface area contributed by atoms with Crippen LogP contribution in [-0.4, -0.2) is 71.5 Å². The Bertz CT molecular complexity index is 663. The number of carboxylic acid groups (broad SMARTS) is 1. The maximum absolute atomic E-state index is 12.4. The molecular weight excluding hydrogens is 396 g/mol. The summed E-state index contributed by atoms with van der Waals surface area (Å²) in [6.07, 6.45) is -2.19. The van der Waals surface area contributed by atoms with Gasteiger partial charge in [0.25, 0.3) is 5.91 Å². The first-order chi connectivity index (χ1) is 13.0. The molecule has 0 saturated carbocycles. The summed E-state index contributed by atoms with van der Waals surface area (Å²) in [5.41, 5.74) is -1.31. The molecule has 1 aliphatic rings. The highest BCUT2D eigenvalue weighted by Crippen LogP contribution is 2.25. The second kappa shape index (κ2) is 10.6. The van der Waals surface area contributed by atoms with E-state index in [1.54, 1.807) is 0 Å². The van der Waals surface area contributed by atoms with Crippen LogP contribution in [0.15, 0.2) is 0 Å². The summed E-state index contributed by atoms with van der Waals surface area (Å²) in [5.74, 6) is -5.33. The maximum atomic E-state index is 12.4. The molecule has 0 aromatic rings. The van der Waals surface area contributed by atoms with E-state index in [-0.39, 0.29) is 31.2 Å². The zero-order valence-corrected chi connectivity index (χ0v) is 16.3. The molecule has 156 valence electrons. The predicted molar refractivity (Wildman–Crippen MR) is 95.0 cm³/mol. The van der Waals surface area contributed by atoms with Gasteiger partial charge in [-0.3, -0.25) is 19.2 Å². The van der Waals surface area contributed by atoms with E-state index in [2.05, 4.69) is 10.6 Å². The third kappa shape index (κ3) is 7.94. The Morgan fingerprint density at radius 1 is 1.18 bits per heavy atom. The Labute approximate surface area is 164 Å². The molecule has 0 aromatic carbocycles. The number of rotatable bonds is 1. The molecule has 3 N–H and O–H groups in total. The van der Waals surface area contributed by atoms with Gasteiger partial charge >= 0.3 is 17.9 Å². The lowest BCUT2D eigenvalue weighted by Crippen LogP contribution is -2.50. The highest BCUT2D eigenvalue weighted by atomic mass is 32.2. The van der Waals surface area contributed by atoms with Crippen molar-refractivity contribution in [1.29, 1.82) is 0 Å². The Kier molecular flexibility index (Phi) is 8.89. The molecule has 12 heteroatoms. The number of ether oxygens (including phenoxy) is 2. The molecule has 0 spiro atoms. The first-order valence-electron chi connectivity index (χ1n) is 8.32. The highest BCUT2D eigenvalue weighted by molar-refractivity contribution is 8.13. The smallest absolute Gasteiger partial charge is 0.418 e. The number of aliphatic carboxylic acids is 1. The number of thioether (sulfide) groups is 1. The Hall–Kier alpha value is -2.63. The topological polar surface area (TPSA) is 165 Å². The van der Waals surface area contributed by atoms with Gasteiger partial charge < -0.3 is 25.2 Å². The summed E-state index contributed by atoms with van der Waals surface area (Å²) in [6, 6.07) is 0. The van der Waals surface area contributed by atoms with Crippen LogP contribution < -0.4 is 10.6 Å². The quantitative estimate of drug-likeness (QED) is 0.268. The van der Waals surface area contributed by atoms with Crippen molar-refractivity contribution in [1.82, 2.24) is 10.6 Å². The summed E-state index contributed by atoms with van der Waals surface area (Å²) in [7, 11) is 0. The average Bonchev–Trinajstić information content (AvgIpc) is 2.60. The minimum absolute atomic E-state index is 0.0701. The van der Waals surface area contributed by atoms with E-state index in [4.69, 9.17) is 14.6 Å². The molecule has 1 rings (SSSR count). The number of cyclic esters (lactones) is 1. The number of carbonyl (C=O) groups excluding carboxylic acids is 5. The molecular formula is C16H22N2O9S. The van der Waals surface area contributed by atoms with Crippen molar-refractivity contribution in [2.75, 3.05) is 25.4 Å². The maximum Gasteiger partial charge on any atom is 0.418 e. The SMILES string of the molecule is CC1(C)COC(=O)CC(=O)SCCNC(=O)CCNC(=O)[C@@H]1OC(=O)C(=O)O. The van der Waals surface area contributed by atoms with Gasteiger partial charge in [-0.1, -0.05) is 25.6 Å². The Morgan fingerprint density at radius 3 is 2.50 bits per heavy atom. The highest BCUT2D eigenvalue weighted by Gasteiger charge is 2.41. The zero-order valence-electron chi connectivity index (χ0n) is 15.4. The van der Waals surface area contributed by atoms with Crippen molar-refractivity contribution >= 4 is 46.6 Å². The van der Waals surface area contributed by atoms with Crippen LogP contribution in [0, 0.1) is 5.41 Å². The second-order valence-electron chi connectivity index (χ2n) is 6.53. The van der Waals surface area contributed by atoms with Gasteiger partial charge in [0.2, 0.25) is 5.91 Å². The van der Waals surface area contributed by atoms with E-state index in [9.17, 15) is 28.8 Å². The molecule has 1 atom stereocenters. The molecule has 1 saturated heterocycles. The monoisotopic (exact) mass is 418 g/mol. The number of esters is 2. The zero-order chi connectivity index (χ0) is 21.3. The summed E-state index contributed by atoms with van der Waals surface area (Å²) in [4.78, 5) is 69.9. The Balaban J connectivity index is 2.98. The van der Waals surface area contributed by atoms with Crippen molar-refractivity contribution in [3.63, 3.8) is 0 Å². The van der Waals surface area contributed by atoms with Gasteiger partial charge in [0.15, 0.2) is 11.2 Å². The van der Waals surface area contributed by atoms with Gasteiger partial charge in [-0.25, -0.2) is 9.59 Å². The standard InChI is InChI=1S/C16H22N2O9S/c1-16(2)8-26-10(20)7-11(21)28-6-5-17-9(19)3-4-18-13(22)12(16)27-15(25)14(23)24/h12H,3-8H2,1-2H3,(H,17,19)(H,18,22)(H,23,24)/t12-/m0/s1. The van der Waals surface area contributed by atoms with E-state index < -0.39 is 53.5 Å². The molecule has 2 amide bonds. The lowest BCUT2D eigenvalue weighted by Gasteiger charge is -2.31. The van der Waals surface area contributed by atoms with Crippen LogP contribution >= 0.6 is 11.8 Å². The van der Waals surface area contributed by atoms with Gasteiger partial charge in [0.05, 0.1) is 0 Å². The molecule has 1 heterocycles. The molecule has 0 bridgehead atoms. The second-order valence-corrected chi connectivity index (χ2v) is 7.68. The summed E-state index contributed by atoms with van der Waals surface area (Å²) in [6.45, 7) is 2.55. The summed E-state index contributed by atoms with van der Waals surface area (Å²) in [5, 5.41) is 13.2. The molecule has 1 aliphatic heterocycles. The summed E-state index contributed by atoms with van der Waals surface area (Å²) < 4.78 is 9.76. The third-order valence-corrected chi connectivity index (χ3v) is 4.45. The van der Waals surface area contributed by atoms with Crippen LogP contribution in [0.25, 0.3) is 0 Å². The largest absolute Gasteiger partial charge is 0.473 e. The lowest BCUT2D eigenvalue weighted by atomic mass is 9.86. The van der Waals surface area contributed by atoms with Crippen LogP contribution in [0.1, 0.15) is 26.7 Å².